The highest BCUT2D eigenvalue weighted by molar-refractivity contribution is 5.97. The number of benzene rings is 2. The van der Waals surface area contributed by atoms with Gasteiger partial charge in [-0.2, -0.15) is 0 Å². The summed E-state index contributed by atoms with van der Waals surface area (Å²) in [4.78, 5) is 35.8. The molecule has 0 radical (unpaired) electrons. The summed E-state index contributed by atoms with van der Waals surface area (Å²) < 4.78 is 0. The van der Waals surface area contributed by atoms with E-state index in [1.54, 1.807) is 12.1 Å². The molecule has 2 aromatic rings. The zero-order valence-corrected chi connectivity index (χ0v) is 15.2. The number of carbonyl (C=O) groups excluding carboxylic acids is 3. The standard InChI is InChI=1S/C20H23N3O3/c1-13-8-9-16(12-15(13)3)21-18(24)10-11-19(25)22-23-20(26)17-7-5-4-6-14(17)2/h4-9,12H,10-11H2,1-3H3,(H,21,24)(H,22,25)(H,23,26). The third kappa shape index (κ3) is 5.44. The number of hydrazine groups is 1. The Balaban J connectivity index is 1.76. The molecule has 6 nitrogen and oxygen atoms in total. The quantitative estimate of drug-likeness (QED) is 0.722. The summed E-state index contributed by atoms with van der Waals surface area (Å²) in [6.07, 6.45) is 0.00369. The van der Waals surface area contributed by atoms with Crippen LogP contribution in [0.1, 0.15) is 39.9 Å². The topological polar surface area (TPSA) is 87.3 Å². The number of hydrogen-bond donors (Lipinski definition) is 3. The first kappa shape index (κ1) is 19.2. The van der Waals surface area contributed by atoms with Crippen LogP contribution in [0.4, 0.5) is 5.69 Å². The summed E-state index contributed by atoms with van der Waals surface area (Å²) in [7, 11) is 0. The van der Waals surface area contributed by atoms with E-state index in [0.29, 0.717) is 11.3 Å². The summed E-state index contributed by atoms with van der Waals surface area (Å²) in [5, 5.41) is 2.76. The van der Waals surface area contributed by atoms with Crippen molar-refractivity contribution in [3.63, 3.8) is 0 Å². The van der Waals surface area contributed by atoms with Gasteiger partial charge in [-0.1, -0.05) is 24.3 Å². The van der Waals surface area contributed by atoms with Gasteiger partial charge in [0.15, 0.2) is 0 Å². The Morgan fingerprint density at radius 2 is 1.46 bits per heavy atom. The summed E-state index contributed by atoms with van der Waals surface area (Å²) in [6.45, 7) is 5.78. The fraction of sp³-hybridized carbons (Fsp3) is 0.250. The number of rotatable bonds is 5. The largest absolute Gasteiger partial charge is 0.326 e. The van der Waals surface area contributed by atoms with Gasteiger partial charge in [0.25, 0.3) is 5.91 Å². The van der Waals surface area contributed by atoms with E-state index in [2.05, 4.69) is 16.2 Å². The molecule has 0 saturated carbocycles. The SMILES string of the molecule is Cc1ccc(NC(=O)CCC(=O)NNC(=O)c2ccccc2C)cc1C. The summed E-state index contributed by atoms with van der Waals surface area (Å²) >= 11 is 0. The van der Waals surface area contributed by atoms with Gasteiger partial charge in [0.2, 0.25) is 11.8 Å². The fourth-order valence-corrected chi connectivity index (χ4v) is 2.35. The highest BCUT2D eigenvalue weighted by Crippen LogP contribution is 2.14. The lowest BCUT2D eigenvalue weighted by molar-refractivity contribution is -0.124. The molecule has 3 amide bonds. The highest BCUT2D eigenvalue weighted by Gasteiger charge is 2.11. The molecule has 0 spiro atoms. The Kier molecular flexibility index (Phi) is 6.49. The van der Waals surface area contributed by atoms with Crippen molar-refractivity contribution in [3.8, 4) is 0 Å². The first-order chi connectivity index (χ1) is 12.4. The minimum Gasteiger partial charge on any atom is -0.326 e. The van der Waals surface area contributed by atoms with E-state index < -0.39 is 11.8 Å². The first-order valence-electron chi connectivity index (χ1n) is 8.38. The van der Waals surface area contributed by atoms with Gasteiger partial charge in [-0.25, -0.2) is 0 Å². The molecule has 0 unspecified atom stereocenters. The Morgan fingerprint density at radius 1 is 0.769 bits per heavy atom. The average Bonchev–Trinajstić information content (AvgIpc) is 2.61. The third-order valence-electron chi connectivity index (χ3n) is 4.07. The third-order valence-corrected chi connectivity index (χ3v) is 4.07. The van der Waals surface area contributed by atoms with Crippen LogP contribution in [0.5, 0.6) is 0 Å². The van der Waals surface area contributed by atoms with E-state index in [1.165, 1.54) is 0 Å². The van der Waals surface area contributed by atoms with Crippen molar-refractivity contribution in [2.75, 3.05) is 5.32 Å². The normalized spacial score (nSPS) is 10.1. The molecule has 136 valence electrons. The van der Waals surface area contributed by atoms with Gasteiger partial charge in [0.1, 0.15) is 0 Å². The van der Waals surface area contributed by atoms with Crippen molar-refractivity contribution in [1.29, 1.82) is 0 Å². The van der Waals surface area contributed by atoms with Gasteiger partial charge in [0.05, 0.1) is 0 Å². The molecule has 0 aliphatic rings. The van der Waals surface area contributed by atoms with Crippen molar-refractivity contribution in [2.45, 2.75) is 33.6 Å². The van der Waals surface area contributed by atoms with E-state index in [1.807, 2.05) is 51.1 Å². The molecule has 0 bridgehead atoms. The van der Waals surface area contributed by atoms with Crippen LogP contribution < -0.4 is 16.2 Å². The van der Waals surface area contributed by atoms with Gasteiger partial charge in [-0.3, -0.25) is 25.2 Å². The van der Waals surface area contributed by atoms with Crippen molar-refractivity contribution in [2.24, 2.45) is 0 Å². The van der Waals surface area contributed by atoms with Crippen LogP contribution >= 0.6 is 0 Å². The van der Waals surface area contributed by atoms with E-state index in [0.717, 1.165) is 16.7 Å². The number of nitrogens with one attached hydrogen (secondary N) is 3. The maximum atomic E-state index is 12.0. The molecule has 2 aromatic carbocycles. The van der Waals surface area contributed by atoms with E-state index >= 15 is 0 Å². The average molecular weight is 353 g/mol. The minimum absolute atomic E-state index is 0.0231. The van der Waals surface area contributed by atoms with Gasteiger partial charge in [0, 0.05) is 24.1 Å². The lowest BCUT2D eigenvalue weighted by atomic mass is 10.1. The second-order valence-electron chi connectivity index (χ2n) is 6.16. The van der Waals surface area contributed by atoms with Crippen LogP contribution in [-0.2, 0) is 9.59 Å². The summed E-state index contributed by atoms with van der Waals surface area (Å²) in [6, 6.07) is 12.7. The van der Waals surface area contributed by atoms with Crippen LogP contribution in [0.3, 0.4) is 0 Å². The molecule has 0 aliphatic carbocycles. The second kappa shape index (κ2) is 8.80. The van der Waals surface area contributed by atoms with Crippen LogP contribution in [0.2, 0.25) is 0 Å². The lowest BCUT2D eigenvalue weighted by Crippen LogP contribution is -2.42. The van der Waals surface area contributed by atoms with Gasteiger partial charge < -0.3 is 5.32 Å². The number of amides is 3. The molecule has 0 heterocycles. The highest BCUT2D eigenvalue weighted by atomic mass is 16.2. The summed E-state index contributed by atoms with van der Waals surface area (Å²) in [5.41, 5.74) is 8.91. The second-order valence-corrected chi connectivity index (χ2v) is 6.16. The van der Waals surface area contributed by atoms with Crippen LogP contribution in [0.25, 0.3) is 0 Å². The molecule has 0 fully saturated rings. The molecule has 0 aliphatic heterocycles. The van der Waals surface area contributed by atoms with Crippen molar-refractivity contribution in [1.82, 2.24) is 10.9 Å². The number of carbonyl (C=O) groups is 3. The molecule has 2 rings (SSSR count). The Bertz CT molecular complexity index is 831. The number of aryl methyl sites for hydroxylation is 3. The van der Waals surface area contributed by atoms with Crippen molar-refractivity contribution < 1.29 is 14.4 Å². The predicted molar refractivity (Wildman–Crippen MR) is 101 cm³/mol. The molecule has 0 saturated heterocycles. The maximum absolute atomic E-state index is 12.0. The van der Waals surface area contributed by atoms with Gasteiger partial charge >= 0.3 is 0 Å². The summed E-state index contributed by atoms with van der Waals surface area (Å²) in [5.74, 6) is -1.08. The molecular formula is C20H23N3O3. The Labute approximate surface area is 153 Å². The van der Waals surface area contributed by atoms with E-state index in [-0.39, 0.29) is 18.7 Å². The van der Waals surface area contributed by atoms with Crippen molar-refractivity contribution in [3.05, 3.63) is 64.7 Å². The van der Waals surface area contributed by atoms with E-state index in [9.17, 15) is 14.4 Å². The fourth-order valence-electron chi connectivity index (χ4n) is 2.35. The Morgan fingerprint density at radius 3 is 2.15 bits per heavy atom. The number of anilines is 1. The van der Waals surface area contributed by atoms with Crippen LogP contribution in [0, 0.1) is 20.8 Å². The minimum atomic E-state index is -0.429. The number of hydrogen-bond acceptors (Lipinski definition) is 3. The molecule has 0 atom stereocenters. The van der Waals surface area contributed by atoms with Crippen LogP contribution in [0.15, 0.2) is 42.5 Å². The molecular weight excluding hydrogens is 330 g/mol. The first-order valence-corrected chi connectivity index (χ1v) is 8.38. The van der Waals surface area contributed by atoms with Gasteiger partial charge in [-0.05, 0) is 55.7 Å². The van der Waals surface area contributed by atoms with Crippen molar-refractivity contribution >= 4 is 23.4 Å². The lowest BCUT2D eigenvalue weighted by Gasteiger charge is -2.10. The zero-order chi connectivity index (χ0) is 19.1. The molecule has 26 heavy (non-hydrogen) atoms. The monoisotopic (exact) mass is 353 g/mol. The zero-order valence-electron chi connectivity index (χ0n) is 15.2. The maximum Gasteiger partial charge on any atom is 0.269 e. The van der Waals surface area contributed by atoms with Gasteiger partial charge in [-0.15, -0.1) is 0 Å². The Hall–Kier alpha value is -3.15. The molecule has 3 N–H and O–H groups in total. The molecule has 0 aromatic heterocycles. The van der Waals surface area contributed by atoms with Crippen LogP contribution in [-0.4, -0.2) is 17.7 Å². The molecule has 6 heteroatoms. The predicted octanol–water partition coefficient (Wildman–Crippen LogP) is 2.79. The smallest absolute Gasteiger partial charge is 0.269 e. The van der Waals surface area contributed by atoms with E-state index in [4.69, 9.17) is 0 Å².